The van der Waals surface area contributed by atoms with Crippen LogP contribution in [0.3, 0.4) is 0 Å². The first kappa shape index (κ1) is 7.77. The number of hydrogen-bond acceptors (Lipinski definition) is 2. The van der Waals surface area contributed by atoms with Gasteiger partial charge in [-0.15, -0.1) is 0 Å². The smallest absolute Gasteiger partial charge is 0.155 e. The van der Waals surface area contributed by atoms with Crippen molar-refractivity contribution in [2.45, 2.75) is 25.2 Å². The van der Waals surface area contributed by atoms with Crippen molar-refractivity contribution in [2.24, 2.45) is 0 Å². The fourth-order valence-electron chi connectivity index (χ4n) is 1.53. The fraction of sp³-hybridized carbons (Fsp3) is 0.400. The van der Waals surface area contributed by atoms with E-state index in [1.807, 2.05) is 30.3 Å². The second kappa shape index (κ2) is 3.25. The molecule has 0 amide bonds. The van der Waals surface area contributed by atoms with Crippen LogP contribution in [-0.2, 0) is 4.74 Å². The molecule has 12 heavy (non-hydrogen) atoms. The molecule has 1 aromatic rings. The third-order valence-electron chi connectivity index (χ3n) is 2.17. The Morgan fingerprint density at radius 2 is 1.92 bits per heavy atom. The van der Waals surface area contributed by atoms with Gasteiger partial charge < -0.3 is 9.84 Å². The summed E-state index contributed by atoms with van der Waals surface area (Å²) in [6.07, 6.45) is 1.21. The largest absolute Gasteiger partial charge is 0.368 e. The molecule has 1 fully saturated rings. The molecule has 1 saturated heterocycles. The van der Waals surface area contributed by atoms with Crippen molar-refractivity contribution in [1.82, 2.24) is 0 Å². The van der Waals surface area contributed by atoms with Crippen molar-refractivity contribution in [2.75, 3.05) is 0 Å². The van der Waals surface area contributed by atoms with Crippen molar-refractivity contribution in [3.63, 3.8) is 0 Å². The van der Waals surface area contributed by atoms with Gasteiger partial charge in [0.1, 0.15) is 0 Å². The van der Waals surface area contributed by atoms with Crippen molar-refractivity contribution in [1.29, 1.82) is 0 Å². The summed E-state index contributed by atoms with van der Waals surface area (Å²) in [4.78, 5) is 0. The van der Waals surface area contributed by atoms with E-state index < -0.39 is 6.29 Å². The summed E-state index contributed by atoms with van der Waals surface area (Å²) in [7, 11) is 0. The van der Waals surface area contributed by atoms with Crippen LogP contribution in [0.4, 0.5) is 0 Å². The number of ether oxygens (including phenoxy) is 1. The molecule has 1 N–H and O–H groups in total. The van der Waals surface area contributed by atoms with E-state index in [2.05, 4.69) is 0 Å². The average Bonchev–Trinajstić information content (AvgIpc) is 2.54. The van der Waals surface area contributed by atoms with Gasteiger partial charge in [-0.3, -0.25) is 0 Å². The minimum atomic E-state index is -0.560. The molecule has 1 heterocycles. The first-order valence-electron chi connectivity index (χ1n) is 4.25. The molecule has 2 atom stereocenters. The Bertz CT molecular complexity index is 245. The predicted octanol–water partition coefficient (Wildman–Crippen LogP) is 1.86. The Morgan fingerprint density at radius 1 is 1.17 bits per heavy atom. The zero-order valence-electron chi connectivity index (χ0n) is 6.81. The molecule has 0 unspecified atom stereocenters. The molecule has 0 aromatic heterocycles. The van der Waals surface area contributed by atoms with Crippen LogP contribution in [-0.4, -0.2) is 11.4 Å². The molecule has 0 bridgehead atoms. The summed E-state index contributed by atoms with van der Waals surface area (Å²) in [6, 6.07) is 10.0. The Morgan fingerprint density at radius 3 is 2.50 bits per heavy atom. The zero-order chi connectivity index (χ0) is 8.39. The van der Waals surface area contributed by atoms with E-state index in [1.165, 1.54) is 0 Å². The average molecular weight is 164 g/mol. The van der Waals surface area contributed by atoms with Gasteiger partial charge in [0.2, 0.25) is 0 Å². The van der Waals surface area contributed by atoms with Crippen molar-refractivity contribution < 1.29 is 9.84 Å². The van der Waals surface area contributed by atoms with E-state index in [9.17, 15) is 0 Å². The van der Waals surface area contributed by atoms with Gasteiger partial charge >= 0.3 is 0 Å². The molecule has 2 nitrogen and oxygen atoms in total. The van der Waals surface area contributed by atoms with Crippen molar-refractivity contribution in [3.8, 4) is 0 Å². The Labute approximate surface area is 71.8 Å². The third-order valence-corrected chi connectivity index (χ3v) is 2.17. The SMILES string of the molecule is O[C@@H]1CC[C@@H](c2ccccc2)O1. The number of hydrogen-bond donors (Lipinski definition) is 1. The van der Waals surface area contributed by atoms with Gasteiger partial charge in [-0.25, -0.2) is 0 Å². The van der Waals surface area contributed by atoms with E-state index in [4.69, 9.17) is 9.84 Å². The maximum Gasteiger partial charge on any atom is 0.155 e. The van der Waals surface area contributed by atoms with Crippen LogP contribution < -0.4 is 0 Å². The van der Waals surface area contributed by atoms with E-state index in [1.54, 1.807) is 0 Å². The number of rotatable bonds is 1. The van der Waals surface area contributed by atoms with Crippen LogP contribution >= 0.6 is 0 Å². The molecule has 0 aliphatic carbocycles. The topological polar surface area (TPSA) is 29.5 Å². The number of aliphatic hydroxyl groups is 1. The van der Waals surface area contributed by atoms with Gasteiger partial charge in [0.05, 0.1) is 6.10 Å². The fourth-order valence-corrected chi connectivity index (χ4v) is 1.53. The molecule has 64 valence electrons. The molecule has 1 aromatic carbocycles. The van der Waals surface area contributed by atoms with E-state index in [-0.39, 0.29) is 6.10 Å². The number of benzene rings is 1. The summed E-state index contributed by atoms with van der Waals surface area (Å²) in [6.45, 7) is 0. The predicted molar refractivity (Wildman–Crippen MR) is 45.5 cm³/mol. The molecular weight excluding hydrogens is 152 g/mol. The summed E-state index contributed by atoms with van der Waals surface area (Å²) >= 11 is 0. The van der Waals surface area contributed by atoms with Crippen LogP contribution in [0.1, 0.15) is 24.5 Å². The van der Waals surface area contributed by atoms with Crippen LogP contribution in [0.15, 0.2) is 30.3 Å². The maximum absolute atomic E-state index is 9.14. The minimum Gasteiger partial charge on any atom is -0.368 e. The highest BCUT2D eigenvalue weighted by Gasteiger charge is 2.23. The zero-order valence-corrected chi connectivity index (χ0v) is 6.81. The van der Waals surface area contributed by atoms with Crippen LogP contribution in [0.25, 0.3) is 0 Å². The van der Waals surface area contributed by atoms with Crippen LogP contribution in [0.5, 0.6) is 0 Å². The lowest BCUT2D eigenvalue weighted by molar-refractivity contribution is -0.0913. The molecule has 1 aliphatic rings. The molecule has 2 rings (SSSR count). The van der Waals surface area contributed by atoms with Gasteiger partial charge in [0, 0.05) is 6.42 Å². The van der Waals surface area contributed by atoms with Gasteiger partial charge in [0.15, 0.2) is 6.29 Å². The van der Waals surface area contributed by atoms with Crippen LogP contribution in [0.2, 0.25) is 0 Å². The lowest BCUT2D eigenvalue weighted by Crippen LogP contribution is -2.03. The van der Waals surface area contributed by atoms with Gasteiger partial charge in [0.25, 0.3) is 0 Å². The van der Waals surface area contributed by atoms with Gasteiger partial charge in [-0.2, -0.15) is 0 Å². The Kier molecular flexibility index (Phi) is 2.11. The quantitative estimate of drug-likeness (QED) is 0.686. The maximum atomic E-state index is 9.14. The summed E-state index contributed by atoms with van der Waals surface area (Å²) in [5.41, 5.74) is 1.16. The Balaban J connectivity index is 2.11. The standard InChI is InChI=1S/C10H12O2/c11-10-7-6-9(12-10)8-4-2-1-3-5-8/h1-5,9-11H,6-7H2/t9-,10-/m0/s1. The highest BCUT2D eigenvalue weighted by molar-refractivity contribution is 5.18. The first-order valence-corrected chi connectivity index (χ1v) is 4.25. The van der Waals surface area contributed by atoms with E-state index >= 15 is 0 Å². The summed E-state index contributed by atoms with van der Waals surface area (Å²) < 4.78 is 5.30. The monoisotopic (exact) mass is 164 g/mol. The first-order chi connectivity index (χ1) is 5.86. The normalized spacial score (nSPS) is 29.1. The van der Waals surface area contributed by atoms with E-state index in [0.29, 0.717) is 0 Å². The lowest BCUT2D eigenvalue weighted by Gasteiger charge is -2.09. The highest BCUT2D eigenvalue weighted by atomic mass is 16.6. The highest BCUT2D eigenvalue weighted by Crippen LogP contribution is 2.30. The molecule has 0 radical (unpaired) electrons. The minimum absolute atomic E-state index is 0.0983. The van der Waals surface area contributed by atoms with Gasteiger partial charge in [-0.1, -0.05) is 30.3 Å². The van der Waals surface area contributed by atoms with Gasteiger partial charge in [-0.05, 0) is 12.0 Å². The molecular formula is C10H12O2. The van der Waals surface area contributed by atoms with Crippen molar-refractivity contribution in [3.05, 3.63) is 35.9 Å². The molecule has 1 aliphatic heterocycles. The second-order valence-electron chi connectivity index (χ2n) is 3.07. The summed E-state index contributed by atoms with van der Waals surface area (Å²) in [5.74, 6) is 0. The van der Waals surface area contributed by atoms with Crippen molar-refractivity contribution >= 4 is 0 Å². The van der Waals surface area contributed by atoms with E-state index in [0.717, 1.165) is 18.4 Å². The third kappa shape index (κ3) is 1.49. The lowest BCUT2D eigenvalue weighted by atomic mass is 10.1. The second-order valence-corrected chi connectivity index (χ2v) is 3.07. The van der Waals surface area contributed by atoms with Crippen LogP contribution in [0, 0.1) is 0 Å². The molecule has 2 heteroatoms. The Hall–Kier alpha value is -0.860. The summed E-state index contributed by atoms with van der Waals surface area (Å²) in [5, 5.41) is 9.14. The molecule has 0 spiro atoms. The molecule has 0 saturated carbocycles. The number of aliphatic hydroxyl groups excluding tert-OH is 1.